The van der Waals surface area contributed by atoms with Crippen LogP contribution in [0.5, 0.6) is 0 Å². The van der Waals surface area contributed by atoms with E-state index in [2.05, 4.69) is 11.0 Å². The first-order chi connectivity index (χ1) is 11.6. The number of ether oxygens (including phenoxy) is 2. The van der Waals surface area contributed by atoms with Gasteiger partial charge in [0, 0.05) is 44.2 Å². The van der Waals surface area contributed by atoms with Crippen molar-refractivity contribution in [3.05, 3.63) is 46.4 Å². The molecule has 0 saturated heterocycles. The van der Waals surface area contributed by atoms with Crippen LogP contribution >= 0.6 is 23.2 Å². The molecule has 0 unspecified atom stereocenters. The highest BCUT2D eigenvalue weighted by Crippen LogP contribution is 2.34. The minimum Gasteiger partial charge on any atom is -0.398 e. The molecule has 0 spiro atoms. The number of nitrogens with zero attached hydrogens (tertiary/aromatic N) is 1. The molecule has 4 nitrogen and oxygen atoms in total. The number of hydrogen-bond donors (Lipinski definition) is 1. The lowest BCUT2D eigenvalue weighted by Crippen LogP contribution is -2.30. The Balaban J connectivity index is 2.35. The molecular weight excluding hydrogens is 347 g/mol. The summed E-state index contributed by atoms with van der Waals surface area (Å²) >= 11 is 12.1. The summed E-state index contributed by atoms with van der Waals surface area (Å²) in [5, 5.41) is 1.03. The van der Waals surface area contributed by atoms with Crippen molar-refractivity contribution in [2.24, 2.45) is 0 Å². The van der Waals surface area contributed by atoms with E-state index in [0.717, 1.165) is 29.9 Å². The summed E-state index contributed by atoms with van der Waals surface area (Å²) in [4.78, 5) is 2.20. The first kappa shape index (κ1) is 18.9. The Morgan fingerprint density at radius 3 is 2.17 bits per heavy atom. The molecule has 2 N–H and O–H groups in total. The normalized spacial score (nSPS) is 10.8. The maximum Gasteiger partial charge on any atom is 0.0637 e. The quantitative estimate of drug-likeness (QED) is 0.703. The van der Waals surface area contributed by atoms with Gasteiger partial charge in [0.1, 0.15) is 0 Å². The van der Waals surface area contributed by atoms with Crippen LogP contribution in [-0.2, 0) is 9.47 Å². The third-order valence-corrected chi connectivity index (χ3v) is 4.50. The summed E-state index contributed by atoms with van der Waals surface area (Å²) in [5.41, 5.74) is 9.77. The zero-order valence-electron chi connectivity index (χ0n) is 13.9. The molecule has 24 heavy (non-hydrogen) atoms. The minimum absolute atomic E-state index is 0.509. The fraction of sp³-hybridized carbons (Fsp3) is 0.333. The third-order valence-electron chi connectivity index (χ3n) is 3.76. The number of halogens is 2. The molecule has 0 aromatic heterocycles. The van der Waals surface area contributed by atoms with E-state index in [-0.39, 0.29) is 0 Å². The monoisotopic (exact) mass is 368 g/mol. The molecule has 2 aromatic rings. The summed E-state index contributed by atoms with van der Waals surface area (Å²) in [6.07, 6.45) is 0. The highest BCUT2D eigenvalue weighted by molar-refractivity contribution is 6.42. The van der Waals surface area contributed by atoms with Crippen molar-refractivity contribution in [1.29, 1.82) is 0 Å². The van der Waals surface area contributed by atoms with Crippen LogP contribution in [0.2, 0.25) is 10.0 Å². The number of benzene rings is 2. The second kappa shape index (κ2) is 9.14. The first-order valence-electron chi connectivity index (χ1n) is 7.64. The van der Waals surface area contributed by atoms with Crippen LogP contribution in [0.4, 0.5) is 11.4 Å². The van der Waals surface area contributed by atoms with E-state index < -0.39 is 0 Å². The van der Waals surface area contributed by atoms with Crippen LogP contribution in [0.15, 0.2) is 36.4 Å². The highest BCUT2D eigenvalue weighted by atomic mass is 35.5. The van der Waals surface area contributed by atoms with E-state index in [9.17, 15) is 0 Å². The summed E-state index contributed by atoms with van der Waals surface area (Å²) in [6.45, 7) is 2.81. The molecule has 0 amide bonds. The SMILES string of the molecule is COCCN(CCOC)c1ccc(N)c(-c2ccc(Cl)c(Cl)c2)c1. The van der Waals surface area contributed by atoms with E-state index in [0.29, 0.717) is 28.9 Å². The number of rotatable bonds is 8. The fourth-order valence-corrected chi connectivity index (χ4v) is 2.73. The Morgan fingerprint density at radius 2 is 1.58 bits per heavy atom. The first-order valence-corrected chi connectivity index (χ1v) is 8.40. The Morgan fingerprint density at radius 1 is 0.917 bits per heavy atom. The minimum atomic E-state index is 0.509. The van der Waals surface area contributed by atoms with Gasteiger partial charge in [0.2, 0.25) is 0 Å². The van der Waals surface area contributed by atoms with Crippen LogP contribution in [-0.4, -0.2) is 40.5 Å². The average Bonchev–Trinajstić information content (AvgIpc) is 2.58. The van der Waals surface area contributed by atoms with Gasteiger partial charge >= 0.3 is 0 Å². The average molecular weight is 369 g/mol. The van der Waals surface area contributed by atoms with E-state index in [1.54, 1.807) is 20.3 Å². The summed E-state index contributed by atoms with van der Waals surface area (Å²) in [5.74, 6) is 0. The van der Waals surface area contributed by atoms with Crippen molar-refractivity contribution in [2.75, 3.05) is 51.2 Å². The van der Waals surface area contributed by atoms with Crippen LogP contribution in [0.25, 0.3) is 11.1 Å². The van der Waals surface area contributed by atoms with Gasteiger partial charge in [-0.25, -0.2) is 0 Å². The van der Waals surface area contributed by atoms with Gasteiger partial charge in [-0.15, -0.1) is 0 Å². The lowest BCUT2D eigenvalue weighted by Gasteiger charge is -2.25. The zero-order chi connectivity index (χ0) is 17.5. The number of anilines is 2. The van der Waals surface area contributed by atoms with Gasteiger partial charge < -0.3 is 20.1 Å². The van der Waals surface area contributed by atoms with Gasteiger partial charge in [0.25, 0.3) is 0 Å². The fourth-order valence-electron chi connectivity index (χ4n) is 2.43. The van der Waals surface area contributed by atoms with E-state index in [1.807, 2.05) is 24.3 Å². The molecule has 2 rings (SSSR count). The van der Waals surface area contributed by atoms with Crippen molar-refractivity contribution in [3.63, 3.8) is 0 Å². The molecule has 0 radical (unpaired) electrons. The molecule has 0 aliphatic heterocycles. The van der Waals surface area contributed by atoms with Crippen LogP contribution < -0.4 is 10.6 Å². The Hall–Kier alpha value is -1.46. The summed E-state index contributed by atoms with van der Waals surface area (Å²) in [6, 6.07) is 11.5. The number of methoxy groups -OCH3 is 2. The molecule has 2 aromatic carbocycles. The largest absolute Gasteiger partial charge is 0.398 e. The molecular formula is C18H22Cl2N2O2. The van der Waals surface area contributed by atoms with Crippen LogP contribution in [0, 0.1) is 0 Å². The van der Waals surface area contributed by atoms with Gasteiger partial charge in [-0.1, -0.05) is 29.3 Å². The zero-order valence-corrected chi connectivity index (χ0v) is 15.4. The van der Waals surface area contributed by atoms with E-state index in [1.165, 1.54) is 0 Å². The number of nitrogens with two attached hydrogens (primary N) is 1. The van der Waals surface area contributed by atoms with Gasteiger partial charge in [-0.2, -0.15) is 0 Å². The van der Waals surface area contributed by atoms with Crippen LogP contribution in [0.3, 0.4) is 0 Å². The molecule has 0 aliphatic carbocycles. The van der Waals surface area contributed by atoms with Crippen molar-refractivity contribution >= 4 is 34.6 Å². The predicted molar refractivity (Wildman–Crippen MR) is 102 cm³/mol. The number of nitrogen functional groups attached to an aromatic ring is 1. The maximum absolute atomic E-state index is 6.17. The second-order valence-corrected chi connectivity index (χ2v) is 6.19. The smallest absolute Gasteiger partial charge is 0.0637 e. The van der Waals surface area contributed by atoms with Crippen molar-refractivity contribution in [1.82, 2.24) is 0 Å². The van der Waals surface area contributed by atoms with E-state index in [4.69, 9.17) is 38.4 Å². The van der Waals surface area contributed by atoms with Crippen molar-refractivity contribution in [3.8, 4) is 11.1 Å². The molecule has 0 fully saturated rings. The van der Waals surface area contributed by atoms with Crippen molar-refractivity contribution < 1.29 is 9.47 Å². The molecule has 130 valence electrons. The Labute approximate surface area is 153 Å². The van der Waals surface area contributed by atoms with Crippen LogP contribution in [0.1, 0.15) is 0 Å². The molecule has 0 aliphatic rings. The highest BCUT2D eigenvalue weighted by Gasteiger charge is 2.11. The summed E-state index contributed by atoms with van der Waals surface area (Å²) in [7, 11) is 3.39. The summed E-state index contributed by atoms with van der Waals surface area (Å²) < 4.78 is 10.4. The maximum atomic E-state index is 6.17. The van der Waals surface area contributed by atoms with Crippen molar-refractivity contribution in [2.45, 2.75) is 0 Å². The van der Waals surface area contributed by atoms with Gasteiger partial charge in [0.05, 0.1) is 23.3 Å². The lowest BCUT2D eigenvalue weighted by atomic mass is 10.0. The molecule has 0 saturated carbocycles. The Kier molecular flexibility index (Phi) is 7.18. The third kappa shape index (κ3) is 4.77. The predicted octanol–water partition coefficient (Wildman–Crippen LogP) is 4.34. The molecule has 0 atom stereocenters. The Bertz CT molecular complexity index is 672. The standard InChI is InChI=1S/C18H22Cl2N2O2/c1-23-9-7-22(8-10-24-2)14-4-6-18(21)15(12-14)13-3-5-16(19)17(20)11-13/h3-6,11-12H,7-10,21H2,1-2H3. The lowest BCUT2D eigenvalue weighted by molar-refractivity contribution is 0.190. The molecule has 6 heteroatoms. The van der Waals surface area contributed by atoms with Gasteiger partial charge in [0.15, 0.2) is 0 Å². The molecule has 0 heterocycles. The second-order valence-electron chi connectivity index (χ2n) is 5.37. The topological polar surface area (TPSA) is 47.7 Å². The van der Waals surface area contributed by atoms with Gasteiger partial charge in [-0.05, 0) is 35.9 Å². The number of hydrogen-bond acceptors (Lipinski definition) is 4. The van der Waals surface area contributed by atoms with E-state index >= 15 is 0 Å². The molecule has 0 bridgehead atoms. The van der Waals surface area contributed by atoms with Gasteiger partial charge in [-0.3, -0.25) is 0 Å².